The molecule has 1 aromatic rings. The fourth-order valence-corrected chi connectivity index (χ4v) is 5.72. The quantitative estimate of drug-likeness (QED) is 0.575. The largest absolute Gasteiger partial charge is 0.324 e. The molecule has 0 radical (unpaired) electrons. The summed E-state index contributed by atoms with van der Waals surface area (Å²) < 4.78 is 25.4. The van der Waals surface area contributed by atoms with Gasteiger partial charge in [0.05, 0.1) is 42.0 Å². The van der Waals surface area contributed by atoms with Gasteiger partial charge in [0, 0.05) is 39.3 Å². The number of nitrogens with zero attached hydrogens (tertiary/aromatic N) is 6. The van der Waals surface area contributed by atoms with Gasteiger partial charge in [0.15, 0.2) is 0 Å². The van der Waals surface area contributed by atoms with Gasteiger partial charge in [-0.2, -0.15) is 0 Å². The maximum atomic E-state index is 13.3. The summed E-state index contributed by atoms with van der Waals surface area (Å²) in [5.41, 5.74) is 1.35. The summed E-state index contributed by atoms with van der Waals surface area (Å²) in [6.07, 6.45) is 5.76. The third-order valence-corrected chi connectivity index (χ3v) is 7.47. The van der Waals surface area contributed by atoms with E-state index in [2.05, 4.69) is 26.8 Å². The van der Waals surface area contributed by atoms with Gasteiger partial charge < -0.3 is 9.80 Å². The number of hydrogen-bond acceptors (Lipinski definition) is 8. The van der Waals surface area contributed by atoms with Crippen molar-refractivity contribution in [3.63, 3.8) is 0 Å². The van der Waals surface area contributed by atoms with E-state index in [-0.39, 0.29) is 36.5 Å². The summed E-state index contributed by atoms with van der Waals surface area (Å²) in [7, 11) is -1.66. The van der Waals surface area contributed by atoms with Crippen LogP contribution in [-0.4, -0.2) is 101 Å². The zero-order valence-electron chi connectivity index (χ0n) is 19.3. The minimum atomic E-state index is -3.77. The summed E-state index contributed by atoms with van der Waals surface area (Å²) in [5, 5.41) is 0. The van der Waals surface area contributed by atoms with Crippen LogP contribution in [-0.2, 0) is 21.4 Å². The Kier molecular flexibility index (Phi) is 7.47. The van der Waals surface area contributed by atoms with E-state index in [9.17, 15) is 18.0 Å². The average Bonchev–Trinajstić information content (AvgIpc) is 3.25. The Morgan fingerprint density at radius 3 is 2.36 bits per heavy atom. The Hall–Kier alpha value is -2.08. The zero-order chi connectivity index (χ0) is 23.2. The number of hydrogen-bond donors (Lipinski definition) is 0. The third kappa shape index (κ3) is 4.91. The van der Waals surface area contributed by atoms with Crippen LogP contribution >= 0.6 is 12.4 Å². The molecule has 0 unspecified atom stereocenters. The average molecular weight is 499 g/mol. The second-order valence-electron chi connectivity index (χ2n) is 9.14. The lowest BCUT2D eigenvalue weighted by atomic mass is 9.89. The second-order valence-corrected chi connectivity index (χ2v) is 11.0. The zero-order valence-corrected chi connectivity index (χ0v) is 21.0. The molecule has 10 nitrogen and oxygen atoms in total. The molecule has 3 aliphatic heterocycles. The van der Waals surface area contributed by atoms with Gasteiger partial charge in [0.2, 0.25) is 15.9 Å². The molecular weight excluding hydrogens is 468 g/mol. The highest BCUT2D eigenvalue weighted by Gasteiger charge is 2.54. The van der Waals surface area contributed by atoms with Crippen LogP contribution in [0.3, 0.4) is 0 Å². The minimum absolute atomic E-state index is 0. The maximum Gasteiger partial charge on any atom is 0.274 e. The molecule has 1 aromatic heterocycles. The molecule has 0 spiro atoms. The van der Waals surface area contributed by atoms with Crippen molar-refractivity contribution in [3.05, 3.63) is 35.6 Å². The van der Waals surface area contributed by atoms with Gasteiger partial charge >= 0.3 is 0 Å². The van der Waals surface area contributed by atoms with Crippen LogP contribution in [0.4, 0.5) is 0 Å². The van der Waals surface area contributed by atoms with E-state index in [1.807, 2.05) is 13.8 Å². The summed E-state index contributed by atoms with van der Waals surface area (Å²) in [5.74, 6) is -1.58. The van der Waals surface area contributed by atoms with Crippen LogP contribution in [0.2, 0.25) is 0 Å². The summed E-state index contributed by atoms with van der Waals surface area (Å²) in [4.78, 5) is 41.1. The molecule has 0 bridgehead atoms. The number of rotatable bonds is 5. The summed E-state index contributed by atoms with van der Waals surface area (Å²) in [6.45, 7) is 8.58. The van der Waals surface area contributed by atoms with E-state index in [1.54, 1.807) is 12.3 Å². The van der Waals surface area contributed by atoms with Crippen molar-refractivity contribution in [1.29, 1.82) is 0 Å². The number of piperazine rings is 1. The fourth-order valence-electron chi connectivity index (χ4n) is 4.71. The van der Waals surface area contributed by atoms with Gasteiger partial charge in [-0.25, -0.2) is 17.7 Å². The molecule has 2 fully saturated rings. The van der Waals surface area contributed by atoms with Gasteiger partial charge in [0.25, 0.3) is 5.91 Å². The van der Waals surface area contributed by atoms with Crippen molar-refractivity contribution in [2.75, 3.05) is 46.0 Å². The van der Waals surface area contributed by atoms with Crippen LogP contribution in [0.5, 0.6) is 0 Å². The van der Waals surface area contributed by atoms with Crippen molar-refractivity contribution < 1.29 is 18.0 Å². The van der Waals surface area contributed by atoms with E-state index in [1.165, 1.54) is 11.1 Å². The molecule has 0 aliphatic carbocycles. The van der Waals surface area contributed by atoms with E-state index < -0.39 is 27.9 Å². The molecular formula is C21H31ClN6O4S. The number of likely N-dealkylation sites (N-methyl/N-ethyl adjacent to an activating group) is 1. The van der Waals surface area contributed by atoms with E-state index in [4.69, 9.17) is 0 Å². The van der Waals surface area contributed by atoms with E-state index in [0.717, 1.165) is 42.4 Å². The molecule has 12 heteroatoms. The maximum absolute atomic E-state index is 13.3. The molecule has 0 aromatic carbocycles. The molecule has 2 saturated heterocycles. The predicted octanol–water partition coefficient (Wildman–Crippen LogP) is 0.428. The smallest absolute Gasteiger partial charge is 0.274 e. The Labute approximate surface area is 201 Å². The molecule has 3 aliphatic rings. The Morgan fingerprint density at radius 1 is 1.15 bits per heavy atom. The highest BCUT2D eigenvalue weighted by molar-refractivity contribution is 7.89. The van der Waals surface area contributed by atoms with E-state index in [0.29, 0.717) is 12.2 Å². The second kappa shape index (κ2) is 9.65. The standard InChI is InChI=1S/C21H30N6O4S.ClH/c1-14(2)18-19-17(27(21(18)29)32(4,30)31)5-6-26(19)20(28)16-12-22-15(11-23-16)13-25-9-7-24(3)8-10-25;/h5,11-12,14,18-19H,6-10,13H2,1-4H3;1H/t18-,19+;/m1./s1. The third-order valence-electron chi connectivity index (χ3n) is 6.41. The summed E-state index contributed by atoms with van der Waals surface area (Å²) in [6, 6.07) is -0.614. The molecule has 2 atom stereocenters. The first-order chi connectivity index (χ1) is 15.1. The van der Waals surface area contributed by atoms with Gasteiger partial charge in [-0.3, -0.25) is 19.5 Å². The van der Waals surface area contributed by atoms with Crippen molar-refractivity contribution >= 4 is 34.2 Å². The predicted molar refractivity (Wildman–Crippen MR) is 125 cm³/mol. The van der Waals surface area contributed by atoms with Gasteiger partial charge in [-0.15, -0.1) is 12.4 Å². The molecule has 0 N–H and O–H groups in total. The number of sulfonamides is 1. The first-order valence-corrected chi connectivity index (χ1v) is 12.7. The van der Waals surface area contributed by atoms with Gasteiger partial charge in [0.1, 0.15) is 5.69 Å². The van der Waals surface area contributed by atoms with Crippen LogP contribution < -0.4 is 0 Å². The molecule has 4 heterocycles. The van der Waals surface area contributed by atoms with Crippen LogP contribution in [0.1, 0.15) is 30.0 Å². The molecule has 4 rings (SSSR count). The number of halogens is 1. The highest BCUT2D eigenvalue weighted by Crippen LogP contribution is 2.41. The lowest BCUT2D eigenvalue weighted by Gasteiger charge is -2.32. The first kappa shape index (κ1) is 25.5. The van der Waals surface area contributed by atoms with Crippen LogP contribution in [0.15, 0.2) is 24.2 Å². The van der Waals surface area contributed by atoms with Crippen LogP contribution in [0.25, 0.3) is 0 Å². The number of amides is 2. The van der Waals surface area contributed by atoms with Crippen molar-refractivity contribution in [1.82, 2.24) is 29.0 Å². The molecule has 33 heavy (non-hydrogen) atoms. The number of carbonyl (C=O) groups excluding carboxylic acids is 2. The fraction of sp³-hybridized carbons (Fsp3) is 0.619. The monoisotopic (exact) mass is 498 g/mol. The lowest BCUT2D eigenvalue weighted by molar-refractivity contribution is -0.128. The van der Waals surface area contributed by atoms with Crippen molar-refractivity contribution in [3.8, 4) is 0 Å². The van der Waals surface area contributed by atoms with Gasteiger partial charge in [-0.05, 0) is 19.0 Å². The SMILES string of the molecule is CC(C)[C@H]1C(=O)N(S(C)(=O)=O)C2=CCN(C(=O)c3cnc(CN4CCN(C)CC4)cn3)[C@@H]21.Cl. The highest BCUT2D eigenvalue weighted by atomic mass is 35.5. The van der Waals surface area contributed by atoms with E-state index >= 15 is 0 Å². The Bertz CT molecular complexity index is 1040. The normalized spacial score (nSPS) is 24.2. The minimum Gasteiger partial charge on any atom is -0.324 e. The Morgan fingerprint density at radius 2 is 1.82 bits per heavy atom. The number of fused-ring (bicyclic) bond motifs is 1. The Balaban J connectivity index is 0.00000306. The lowest BCUT2D eigenvalue weighted by Crippen LogP contribution is -2.44. The number of carbonyl (C=O) groups is 2. The first-order valence-electron chi connectivity index (χ1n) is 10.8. The number of aromatic nitrogens is 2. The van der Waals surface area contributed by atoms with Crippen LogP contribution in [0, 0.1) is 11.8 Å². The van der Waals surface area contributed by atoms with Crippen molar-refractivity contribution in [2.24, 2.45) is 11.8 Å². The molecule has 2 amide bonds. The topological polar surface area (TPSA) is 107 Å². The summed E-state index contributed by atoms with van der Waals surface area (Å²) >= 11 is 0. The van der Waals surface area contributed by atoms with Gasteiger partial charge in [-0.1, -0.05) is 13.8 Å². The molecule has 0 saturated carbocycles. The molecule has 182 valence electrons. The van der Waals surface area contributed by atoms with Crippen molar-refractivity contribution in [2.45, 2.75) is 26.4 Å².